The van der Waals surface area contributed by atoms with Gasteiger partial charge in [0.2, 0.25) is 0 Å². The highest BCUT2D eigenvalue weighted by molar-refractivity contribution is 6.43. The van der Waals surface area contributed by atoms with Crippen molar-refractivity contribution in [3.05, 3.63) is 58.1 Å². The van der Waals surface area contributed by atoms with Gasteiger partial charge in [0.05, 0.1) is 22.2 Å². The molecule has 184 valence electrons. The zero-order valence-corrected chi connectivity index (χ0v) is 21.7. The van der Waals surface area contributed by atoms with Crippen molar-refractivity contribution < 1.29 is 9.53 Å². The molecule has 34 heavy (non-hydrogen) atoms. The number of carbonyl (C=O) groups is 1. The lowest BCUT2D eigenvalue weighted by Gasteiger charge is -2.38. The largest absolute Gasteiger partial charge is 0.494 e. The fourth-order valence-corrected chi connectivity index (χ4v) is 5.36. The van der Waals surface area contributed by atoms with Crippen molar-refractivity contribution in [1.29, 1.82) is 0 Å². The standard InChI is InChI=1S/C27H35Cl2N3O2/c1-27(2)12-4-13-30(20-27)14-5-19-34-22-10-8-21(9-11-22)31-15-17-32(18-16-31)26(33)23-6-3-7-24(28)25(23)29/h3,6-11H,4-5,12-20H2,1-2H3. The number of nitrogens with zero attached hydrogens (tertiary/aromatic N) is 3. The van der Waals surface area contributed by atoms with Gasteiger partial charge in [-0.15, -0.1) is 0 Å². The zero-order valence-electron chi connectivity index (χ0n) is 20.2. The summed E-state index contributed by atoms with van der Waals surface area (Å²) in [6.45, 7) is 11.8. The predicted molar refractivity (Wildman–Crippen MR) is 141 cm³/mol. The molecule has 2 aliphatic heterocycles. The maximum Gasteiger partial charge on any atom is 0.255 e. The number of halogens is 2. The summed E-state index contributed by atoms with van der Waals surface area (Å²) in [6, 6.07) is 13.5. The van der Waals surface area contributed by atoms with Gasteiger partial charge in [0.25, 0.3) is 5.91 Å². The van der Waals surface area contributed by atoms with Crippen molar-refractivity contribution in [2.45, 2.75) is 33.1 Å². The van der Waals surface area contributed by atoms with E-state index in [4.69, 9.17) is 27.9 Å². The van der Waals surface area contributed by atoms with Crippen molar-refractivity contribution in [2.24, 2.45) is 5.41 Å². The molecule has 0 atom stereocenters. The Balaban J connectivity index is 1.21. The molecule has 2 aromatic carbocycles. The minimum atomic E-state index is -0.0657. The molecule has 2 aromatic rings. The number of amides is 1. The van der Waals surface area contributed by atoms with E-state index in [-0.39, 0.29) is 5.91 Å². The summed E-state index contributed by atoms with van der Waals surface area (Å²) in [6.07, 6.45) is 3.67. The normalized spacial score (nSPS) is 18.7. The van der Waals surface area contributed by atoms with Crippen LogP contribution >= 0.6 is 23.2 Å². The summed E-state index contributed by atoms with van der Waals surface area (Å²) >= 11 is 12.3. The second kappa shape index (κ2) is 11.2. The van der Waals surface area contributed by atoms with Crippen molar-refractivity contribution in [2.75, 3.05) is 57.3 Å². The first-order valence-corrected chi connectivity index (χ1v) is 13.0. The molecule has 0 aromatic heterocycles. The minimum absolute atomic E-state index is 0.0657. The summed E-state index contributed by atoms with van der Waals surface area (Å²) in [5, 5.41) is 0.732. The molecule has 0 spiro atoms. The van der Waals surface area contributed by atoms with Crippen LogP contribution < -0.4 is 9.64 Å². The van der Waals surface area contributed by atoms with E-state index in [0.717, 1.165) is 44.1 Å². The van der Waals surface area contributed by atoms with E-state index in [1.165, 1.54) is 25.9 Å². The fraction of sp³-hybridized carbons (Fsp3) is 0.519. The molecule has 5 nitrogen and oxygen atoms in total. The van der Waals surface area contributed by atoms with Crippen LogP contribution in [0.1, 0.15) is 43.5 Å². The van der Waals surface area contributed by atoms with E-state index in [2.05, 4.69) is 35.8 Å². The van der Waals surface area contributed by atoms with Crippen molar-refractivity contribution >= 4 is 34.8 Å². The van der Waals surface area contributed by atoms with E-state index >= 15 is 0 Å². The van der Waals surface area contributed by atoms with Crippen LogP contribution in [0.15, 0.2) is 42.5 Å². The van der Waals surface area contributed by atoms with Gasteiger partial charge in [0.1, 0.15) is 5.75 Å². The first-order valence-electron chi connectivity index (χ1n) is 12.3. The maximum atomic E-state index is 12.9. The first kappa shape index (κ1) is 25.2. The smallest absolute Gasteiger partial charge is 0.255 e. The molecule has 4 rings (SSSR count). The average Bonchev–Trinajstić information content (AvgIpc) is 2.83. The number of anilines is 1. The van der Waals surface area contributed by atoms with Gasteiger partial charge in [0, 0.05) is 45.0 Å². The van der Waals surface area contributed by atoms with E-state index in [9.17, 15) is 4.79 Å². The Bertz CT molecular complexity index is 972. The van der Waals surface area contributed by atoms with Crippen LogP contribution in [0.4, 0.5) is 5.69 Å². The SMILES string of the molecule is CC1(C)CCCN(CCCOc2ccc(N3CCN(C(=O)c4cccc(Cl)c4Cl)CC3)cc2)C1. The summed E-state index contributed by atoms with van der Waals surface area (Å²) in [4.78, 5) is 19.6. The van der Waals surface area contributed by atoms with Crippen LogP contribution in [0.5, 0.6) is 5.75 Å². The number of likely N-dealkylation sites (tertiary alicyclic amines) is 1. The average molecular weight is 505 g/mol. The molecule has 2 fully saturated rings. The molecule has 2 saturated heterocycles. The minimum Gasteiger partial charge on any atom is -0.494 e. The Kier molecular flexibility index (Phi) is 8.28. The lowest BCUT2D eigenvalue weighted by Crippen LogP contribution is -2.48. The summed E-state index contributed by atoms with van der Waals surface area (Å²) in [5.74, 6) is 0.844. The number of ether oxygens (including phenoxy) is 1. The first-order chi connectivity index (χ1) is 16.3. The van der Waals surface area contributed by atoms with Gasteiger partial charge in [-0.3, -0.25) is 4.79 Å². The zero-order chi connectivity index (χ0) is 24.1. The van der Waals surface area contributed by atoms with Gasteiger partial charge in [-0.2, -0.15) is 0 Å². The molecule has 0 N–H and O–H groups in total. The monoisotopic (exact) mass is 503 g/mol. The fourth-order valence-electron chi connectivity index (χ4n) is 4.97. The van der Waals surface area contributed by atoms with Gasteiger partial charge in [-0.1, -0.05) is 43.1 Å². The van der Waals surface area contributed by atoms with Crippen LogP contribution in [0.3, 0.4) is 0 Å². The molecule has 1 amide bonds. The van der Waals surface area contributed by atoms with E-state index in [1.54, 1.807) is 18.2 Å². The Morgan fingerprint density at radius 3 is 2.44 bits per heavy atom. The molecule has 0 radical (unpaired) electrons. The van der Waals surface area contributed by atoms with Crippen LogP contribution in [0.25, 0.3) is 0 Å². The second-order valence-corrected chi connectivity index (χ2v) is 10.9. The molecule has 0 saturated carbocycles. The highest BCUT2D eigenvalue weighted by atomic mass is 35.5. The number of hydrogen-bond acceptors (Lipinski definition) is 4. The van der Waals surface area contributed by atoms with Crippen LogP contribution in [0.2, 0.25) is 10.0 Å². The third-order valence-corrected chi connectivity index (χ3v) is 7.64. The molecule has 0 aliphatic carbocycles. The second-order valence-electron chi connectivity index (χ2n) is 10.1. The maximum absolute atomic E-state index is 12.9. The molecule has 2 heterocycles. The number of benzene rings is 2. The van der Waals surface area contributed by atoms with Gasteiger partial charge in [0.15, 0.2) is 0 Å². The van der Waals surface area contributed by atoms with Crippen LogP contribution in [0, 0.1) is 5.41 Å². The summed E-state index contributed by atoms with van der Waals surface area (Å²) < 4.78 is 5.99. The molecule has 0 bridgehead atoms. The Labute approximate surface area is 213 Å². The van der Waals surface area contributed by atoms with Gasteiger partial charge >= 0.3 is 0 Å². The molecular weight excluding hydrogens is 469 g/mol. The summed E-state index contributed by atoms with van der Waals surface area (Å²) in [5.41, 5.74) is 2.06. The molecule has 0 unspecified atom stereocenters. The number of hydrogen-bond donors (Lipinski definition) is 0. The number of piperazine rings is 1. The predicted octanol–water partition coefficient (Wildman–Crippen LogP) is 5.85. The van der Waals surface area contributed by atoms with E-state index < -0.39 is 0 Å². The highest BCUT2D eigenvalue weighted by Crippen LogP contribution is 2.29. The van der Waals surface area contributed by atoms with Gasteiger partial charge < -0.3 is 19.4 Å². The van der Waals surface area contributed by atoms with Gasteiger partial charge in [-0.25, -0.2) is 0 Å². The Morgan fingerprint density at radius 2 is 1.74 bits per heavy atom. The van der Waals surface area contributed by atoms with Gasteiger partial charge in [-0.05, 0) is 67.6 Å². The van der Waals surface area contributed by atoms with Crippen LogP contribution in [-0.2, 0) is 0 Å². The number of piperidine rings is 1. The van der Waals surface area contributed by atoms with Crippen molar-refractivity contribution in [1.82, 2.24) is 9.80 Å². The molecule has 7 heteroatoms. The highest BCUT2D eigenvalue weighted by Gasteiger charge is 2.26. The third kappa shape index (κ3) is 6.38. The lowest BCUT2D eigenvalue weighted by atomic mass is 9.84. The Morgan fingerprint density at radius 1 is 1.00 bits per heavy atom. The summed E-state index contributed by atoms with van der Waals surface area (Å²) in [7, 11) is 0. The third-order valence-electron chi connectivity index (χ3n) is 6.82. The van der Waals surface area contributed by atoms with Crippen molar-refractivity contribution in [3.8, 4) is 5.75 Å². The Hall–Kier alpha value is -1.95. The van der Waals surface area contributed by atoms with E-state index in [1.807, 2.05) is 17.0 Å². The molecular formula is C27H35Cl2N3O2. The van der Waals surface area contributed by atoms with Crippen molar-refractivity contribution in [3.63, 3.8) is 0 Å². The quantitative estimate of drug-likeness (QED) is 0.444. The van der Waals surface area contributed by atoms with Crippen LogP contribution in [-0.4, -0.2) is 68.1 Å². The number of rotatable bonds is 7. The lowest BCUT2D eigenvalue weighted by molar-refractivity contribution is 0.0747. The topological polar surface area (TPSA) is 36.0 Å². The number of carbonyl (C=O) groups excluding carboxylic acids is 1. The molecule has 2 aliphatic rings. The van der Waals surface area contributed by atoms with E-state index in [0.29, 0.717) is 34.1 Å².